The largest absolute Gasteiger partial charge is 0.383 e. The molecule has 1 fully saturated rings. The summed E-state index contributed by atoms with van der Waals surface area (Å²) in [5, 5.41) is 12.4. The van der Waals surface area contributed by atoms with E-state index >= 15 is 0 Å². The van der Waals surface area contributed by atoms with E-state index in [1.807, 2.05) is 0 Å². The summed E-state index contributed by atoms with van der Waals surface area (Å²) in [6.45, 7) is 1.74. The maximum absolute atomic E-state index is 10.6. The predicted molar refractivity (Wildman–Crippen MR) is 40.8 cm³/mol. The molecule has 1 aliphatic heterocycles. The van der Waals surface area contributed by atoms with E-state index in [1.54, 1.807) is 0 Å². The maximum atomic E-state index is 10.6. The van der Waals surface area contributed by atoms with E-state index in [1.165, 1.54) is 0 Å². The van der Waals surface area contributed by atoms with Gasteiger partial charge in [-0.05, 0) is 31.8 Å². The van der Waals surface area contributed by atoms with E-state index < -0.39 is 12.0 Å². The Bertz CT molecular complexity index is 143. The minimum absolute atomic E-state index is 0.0637. The first-order chi connectivity index (χ1) is 5.22. The number of carbonyl (C=O) groups excluding carboxylic acids is 1. The van der Waals surface area contributed by atoms with Crippen molar-refractivity contribution in [3.8, 4) is 0 Å². The van der Waals surface area contributed by atoms with Crippen LogP contribution in [-0.4, -0.2) is 30.2 Å². The Balaban J connectivity index is 2.38. The van der Waals surface area contributed by atoms with Gasteiger partial charge in [0, 0.05) is 0 Å². The number of amides is 1. The van der Waals surface area contributed by atoms with Crippen molar-refractivity contribution in [1.82, 2.24) is 5.32 Å². The van der Waals surface area contributed by atoms with Gasteiger partial charge in [0.25, 0.3) is 0 Å². The molecule has 0 aromatic heterocycles. The summed E-state index contributed by atoms with van der Waals surface area (Å²) in [6.07, 6.45) is 0.728. The molecule has 1 atom stereocenters. The van der Waals surface area contributed by atoms with Crippen molar-refractivity contribution < 1.29 is 9.90 Å². The number of aliphatic hydroxyl groups is 1. The third kappa shape index (κ3) is 2.17. The van der Waals surface area contributed by atoms with Crippen molar-refractivity contribution in [1.29, 1.82) is 0 Å². The molecule has 0 aromatic carbocycles. The van der Waals surface area contributed by atoms with E-state index in [2.05, 4.69) is 5.32 Å². The topological polar surface area (TPSA) is 75.4 Å². The number of nitrogens with one attached hydrogen (secondary N) is 1. The number of primary amides is 1. The highest BCUT2D eigenvalue weighted by Crippen LogP contribution is 2.15. The summed E-state index contributed by atoms with van der Waals surface area (Å²) >= 11 is 0. The van der Waals surface area contributed by atoms with Gasteiger partial charge in [-0.25, -0.2) is 0 Å². The molecule has 0 saturated carbocycles. The van der Waals surface area contributed by atoms with Crippen LogP contribution in [0.3, 0.4) is 0 Å². The molecular formula is C7H14N2O2. The van der Waals surface area contributed by atoms with Gasteiger partial charge in [0.2, 0.25) is 5.91 Å². The van der Waals surface area contributed by atoms with Gasteiger partial charge in [0.15, 0.2) is 0 Å². The van der Waals surface area contributed by atoms with E-state index in [0.717, 1.165) is 25.9 Å². The standard InChI is InChI=1S/C7H14N2O2/c8-7(11)6(10)5-1-3-9-4-2-5/h5-6,9-10H,1-4H2,(H2,8,11). The Labute approximate surface area is 65.8 Å². The van der Waals surface area contributed by atoms with Gasteiger partial charge in [0.05, 0.1) is 0 Å². The van der Waals surface area contributed by atoms with Gasteiger partial charge in [-0.15, -0.1) is 0 Å². The fourth-order valence-electron chi connectivity index (χ4n) is 1.39. The quantitative estimate of drug-likeness (QED) is 0.474. The lowest BCUT2D eigenvalue weighted by Crippen LogP contribution is -2.40. The van der Waals surface area contributed by atoms with Crippen LogP contribution in [0.5, 0.6) is 0 Å². The minimum Gasteiger partial charge on any atom is -0.383 e. The highest BCUT2D eigenvalue weighted by molar-refractivity contribution is 5.78. The average Bonchev–Trinajstić information content (AvgIpc) is 2.05. The lowest BCUT2D eigenvalue weighted by Gasteiger charge is -2.24. The predicted octanol–water partition coefficient (Wildman–Crippen LogP) is -1.17. The molecule has 1 heterocycles. The summed E-state index contributed by atoms with van der Waals surface area (Å²) in [5.41, 5.74) is 4.96. The summed E-state index contributed by atoms with van der Waals surface area (Å²) in [5.74, 6) is -0.536. The van der Waals surface area contributed by atoms with Gasteiger partial charge < -0.3 is 16.2 Å². The zero-order chi connectivity index (χ0) is 8.27. The first-order valence-electron chi connectivity index (χ1n) is 3.90. The molecule has 1 unspecified atom stereocenters. The Morgan fingerprint density at radius 1 is 1.55 bits per heavy atom. The minimum atomic E-state index is -0.947. The lowest BCUT2D eigenvalue weighted by atomic mass is 9.92. The Hall–Kier alpha value is -0.610. The average molecular weight is 158 g/mol. The third-order valence-electron chi connectivity index (χ3n) is 2.12. The zero-order valence-corrected chi connectivity index (χ0v) is 6.42. The molecule has 11 heavy (non-hydrogen) atoms. The number of rotatable bonds is 2. The number of piperidine rings is 1. The molecule has 4 N–H and O–H groups in total. The van der Waals surface area contributed by atoms with Gasteiger partial charge in [-0.3, -0.25) is 4.79 Å². The molecule has 0 aromatic rings. The van der Waals surface area contributed by atoms with Crippen molar-refractivity contribution >= 4 is 5.91 Å². The van der Waals surface area contributed by atoms with E-state index in [9.17, 15) is 9.90 Å². The second-order valence-electron chi connectivity index (χ2n) is 2.93. The molecular weight excluding hydrogens is 144 g/mol. The second-order valence-corrected chi connectivity index (χ2v) is 2.93. The molecule has 0 spiro atoms. The van der Waals surface area contributed by atoms with E-state index in [-0.39, 0.29) is 5.92 Å². The van der Waals surface area contributed by atoms with Gasteiger partial charge in [0.1, 0.15) is 6.10 Å². The smallest absolute Gasteiger partial charge is 0.246 e. The van der Waals surface area contributed by atoms with Crippen molar-refractivity contribution in [2.75, 3.05) is 13.1 Å². The number of aliphatic hydroxyl groups excluding tert-OH is 1. The van der Waals surface area contributed by atoms with Crippen LogP contribution >= 0.6 is 0 Å². The molecule has 1 saturated heterocycles. The molecule has 0 radical (unpaired) electrons. The van der Waals surface area contributed by atoms with Crippen molar-refractivity contribution in [2.24, 2.45) is 11.7 Å². The molecule has 0 bridgehead atoms. The first-order valence-corrected chi connectivity index (χ1v) is 3.90. The van der Waals surface area contributed by atoms with Crippen LogP contribution in [0.4, 0.5) is 0 Å². The van der Waals surface area contributed by atoms with Crippen molar-refractivity contribution in [2.45, 2.75) is 18.9 Å². The van der Waals surface area contributed by atoms with Gasteiger partial charge in [-0.1, -0.05) is 0 Å². The fourth-order valence-corrected chi connectivity index (χ4v) is 1.39. The van der Waals surface area contributed by atoms with E-state index in [0.29, 0.717) is 0 Å². The van der Waals surface area contributed by atoms with E-state index in [4.69, 9.17) is 5.73 Å². The molecule has 1 amide bonds. The van der Waals surface area contributed by atoms with Gasteiger partial charge in [-0.2, -0.15) is 0 Å². The normalized spacial score (nSPS) is 23.0. The molecule has 0 aliphatic carbocycles. The Morgan fingerprint density at radius 3 is 2.55 bits per heavy atom. The zero-order valence-electron chi connectivity index (χ0n) is 6.42. The highest BCUT2D eigenvalue weighted by atomic mass is 16.3. The number of carbonyl (C=O) groups is 1. The highest BCUT2D eigenvalue weighted by Gasteiger charge is 2.25. The third-order valence-corrected chi connectivity index (χ3v) is 2.12. The van der Waals surface area contributed by atoms with Crippen LogP contribution in [0, 0.1) is 5.92 Å². The molecule has 4 heteroatoms. The SMILES string of the molecule is NC(=O)C(O)C1CCNCC1. The molecule has 1 aliphatic rings. The number of hydrogen-bond acceptors (Lipinski definition) is 3. The second kappa shape index (κ2) is 3.69. The Kier molecular flexibility index (Phi) is 2.84. The van der Waals surface area contributed by atoms with Crippen molar-refractivity contribution in [3.63, 3.8) is 0 Å². The van der Waals surface area contributed by atoms with Gasteiger partial charge >= 0.3 is 0 Å². The summed E-state index contributed by atoms with van der Waals surface area (Å²) in [7, 11) is 0. The van der Waals surface area contributed by atoms with Crippen LogP contribution < -0.4 is 11.1 Å². The monoisotopic (exact) mass is 158 g/mol. The fraction of sp³-hybridized carbons (Fsp3) is 0.857. The number of nitrogens with two attached hydrogens (primary N) is 1. The van der Waals surface area contributed by atoms with Crippen LogP contribution in [0.2, 0.25) is 0 Å². The van der Waals surface area contributed by atoms with Crippen LogP contribution in [0.1, 0.15) is 12.8 Å². The molecule has 1 rings (SSSR count). The van der Waals surface area contributed by atoms with Crippen LogP contribution in [0.15, 0.2) is 0 Å². The number of hydrogen-bond donors (Lipinski definition) is 3. The maximum Gasteiger partial charge on any atom is 0.246 e. The first kappa shape index (κ1) is 8.49. The summed E-state index contributed by atoms with van der Waals surface area (Å²) in [6, 6.07) is 0. The summed E-state index contributed by atoms with van der Waals surface area (Å²) in [4.78, 5) is 10.6. The van der Waals surface area contributed by atoms with Crippen LogP contribution in [0.25, 0.3) is 0 Å². The lowest BCUT2D eigenvalue weighted by molar-refractivity contribution is -0.129. The molecule has 4 nitrogen and oxygen atoms in total. The van der Waals surface area contributed by atoms with Crippen LogP contribution in [-0.2, 0) is 4.79 Å². The Morgan fingerprint density at radius 2 is 2.09 bits per heavy atom. The van der Waals surface area contributed by atoms with Crippen molar-refractivity contribution in [3.05, 3.63) is 0 Å². The molecule has 64 valence electrons. The summed E-state index contributed by atoms with van der Waals surface area (Å²) < 4.78 is 0.